The maximum Gasteiger partial charge on any atom is 0.0859 e. The number of aliphatic hydroxyl groups is 1. The average Bonchev–Trinajstić information content (AvgIpc) is 2.93. The Bertz CT molecular complexity index is 612. The molecule has 0 radical (unpaired) electrons. The van der Waals surface area contributed by atoms with Crippen LogP contribution in [0.3, 0.4) is 0 Å². The van der Waals surface area contributed by atoms with E-state index in [-0.39, 0.29) is 6.61 Å². The minimum Gasteiger partial charge on any atom is -0.390 e. The fraction of sp³-hybridized carbons (Fsp3) is 0.389. The van der Waals surface area contributed by atoms with Gasteiger partial charge in [0.15, 0.2) is 0 Å². The van der Waals surface area contributed by atoms with Crippen LogP contribution in [0.15, 0.2) is 42.6 Å². The molecule has 1 aromatic carbocycles. The smallest absolute Gasteiger partial charge is 0.0859 e. The minimum absolute atomic E-state index is 0.0242. The number of hydrogen-bond donors (Lipinski definition) is 1. The number of benzene rings is 1. The standard InChI is InChI=1S/C18H22N2O/c1-14-5-4-10-20(14)12-15-6-2-7-16(11-15)17-8-3-9-19-18(17)13-21/h2-3,6-9,11,14,21H,4-5,10,12-13H2,1H3/t14-/m0/s1. The fourth-order valence-corrected chi connectivity index (χ4v) is 3.13. The molecule has 0 bridgehead atoms. The van der Waals surface area contributed by atoms with Gasteiger partial charge in [0.1, 0.15) is 0 Å². The van der Waals surface area contributed by atoms with E-state index in [2.05, 4.69) is 41.1 Å². The van der Waals surface area contributed by atoms with E-state index in [4.69, 9.17) is 0 Å². The highest BCUT2D eigenvalue weighted by Gasteiger charge is 2.20. The molecule has 0 saturated carbocycles. The highest BCUT2D eigenvalue weighted by atomic mass is 16.3. The van der Waals surface area contributed by atoms with Crippen LogP contribution in [-0.4, -0.2) is 27.6 Å². The largest absolute Gasteiger partial charge is 0.390 e. The summed E-state index contributed by atoms with van der Waals surface area (Å²) in [6.07, 6.45) is 4.33. The number of aliphatic hydroxyl groups excluding tert-OH is 1. The van der Waals surface area contributed by atoms with Crippen molar-refractivity contribution in [2.45, 2.75) is 39.0 Å². The van der Waals surface area contributed by atoms with Gasteiger partial charge in [0.05, 0.1) is 12.3 Å². The van der Waals surface area contributed by atoms with Crippen molar-refractivity contribution in [3.05, 3.63) is 53.9 Å². The zero-order chi connectivity index (χ0) is 14.7. The molecule has 0 amide bonds. The molecule has 1 fully saturated rings. The van der Waals surface area contributed by atoms with Gasteiger partial charge in [-0.15, -0.1) is 0 Å². The summed E-state index contributed by atoms with van der Waals surface area (Å²) in [5.74, 6) is 0. The van der Waals surface area contributed by atoms with E-state index < -0.39 is 0 Å². The lowest BCUT2D eigenvalue weighted by Crippen LogP contribution is -2.26. The zero-order valence-electron chi connectivity index (χ0n) is 12.5. The number of pyridine rings is 1. The van der Waals surface area contributed by atoms with Gasteiger partial charge >= 0.3 is 0 Å². The Balaban J connectivity index is 1.86. The van der Waals surface area contributed by atoms with Crippen LogP contribution in [0, 0.1) is 0 Å². The molecule has 3 nitrogen and oxygen atoms in total. The second-order valence-corrected chi connectivity index (χ2v) is 5.82. The van der Waals surface area contributed by atoms with Crippen molar-refractivity contribution in [3.8, 4) is 11.1 Å². The van der Waals surface area contributed by atoms with Gasteiger partial charge in [0.2, 0.25) is 0 Å². The molecular weight excluding hydrogens is 260 g/mol. The second-order valence-electron chi connectivity index (χ2n) is 5.82. The summed E-state index contributed by atoms with van der Waals surface area (Å²) in [5, 5.41) is 9.44. The lowest BCUT2D eigenvalue weighted by atomic mass is 10.0. The van der Waals surface area contributed by atoms with Crippen molar-refractivity contribution in [1.29, 1.82) is 0 Å². The van der Waals surface area contributed by atoms with Crippen LogP contribution in [0.1, 0.15) is 31.0 Å². The highest BCUT2D eigenvalue weighted by Crippen LogP contribution is 2.25. The van der Waals surface area contributed by atoms with Crippen LogP contribution in [0.25, 0.3) is 11.1 Å². The van der Waals surface area contributed by atoms with Gasteiger partial charge in [-0.3, -0.25) is 9.88 Å². The second kappa shape index (κ2) is 6.37. The summed E-state index contributed by atoms with van der Waals surface area (Å²) in [6, 6.07) is 13.2. The van der Waals surface area contributed by atoms with Gasteiger partial charge < -0.3 is 5.11 Å². The molecule has 3 heteroatoms. The van der Waals surface area contributed by atoms with Crippen LogP contribution in [0.4, 0.5) is 0 Å². The van der Waals surface area contributed by atoms with E-state index in [1.54, 1.807) is 6.20 Å². The SMILES string of the molecule is C[C@H]1CCCN1Cc1cccc(-c2cccnc2CO)c1. The quantitative estimate of drug-likeness (QED) is 0.935. The topological polar surface area (TPSA) is 36.4 Å². The van der Waals surface area contributed by atoms with E-state index in [1.807, 2.05) is 12.1 Å². The molecule has 0 spiro atoms. The molecule has 1 saturated heterocycles. The third kappa shape index (κ3) is 3.14. The molecule has 1 atom stereocenters. The zero-order valence-corrected chi connectivity index (χ0v) is 12.5. The van der Waals surface area contributed by atoms with E-state index in [9.17, 15) is 5.11 Å². The number of hydrogen-bond acceptors (Lipinski definition) is 3. The predicted molar refractivity (Wildman–Crippen MR) is 84.7 cm³/mol. The minimum atomic E-state index is -0.0242. The van der Waals surface area contributed by atoms with Crippen molar-refractivity contribution in [1.82, 2.24) is 9.88 Å². The van der Waals surface area contributed by atoms with E-state index >= 15 is 0 Å². The van der Waals surface area contributed by atoms with Gasteiger partial charge in [-0.05, 0) is 49.6 Å². The van der Waals surface area contributed by atoms with Crippen LogP contribution >= 0.6 is 0 Å². The summed E-state index contributed by atoms with van der Waals surface area (Å²) in [6.45, 7) is 4.48. The molecule has 1 N–H and O–H groups in total. The Kier molecular flexibility index (Phi) is 4.32. The highest BCUT2D eigenvalue weighted by molar-refractivity contribution is 5.66. The lowest BCUT2D eigenvalue weighted by Gasteiger charge is -2.21. The van der Waals surface area contributed by atoms with Gasteiger partial charge in [-0.2, -0.15) is 0 Å². The summed E-state index contributed by atoms with van der Waals surface area (Å²) in [4.78, 5) is 6.80. The first-order valence-corrected chi connectivity index (χ1v) is 7.66. The molecule has 2 heterocycles. The first kappa shape index (κ1) is 14.2. The Hall–Kier alpha value is -1.71. The third-order valence-electron chi connectivity index (χ3n) is 4.35. The van der Waals surface area contributed by atoms with Crippen LogP contribution < -0.4 is 0 Å². The Labute approximate surface area is 126 Å². The monoisotopic (exact) mass is 282 g/mol. The molecule has 0 aliphatic carbocycles. The number of rotatable bonds is 4. The van der Waals surface area contributed by atoms with Crippen LogP contribution in [-0.2, 0) is 13.2 Å². The maximum absolute atomic E-state index is 9.44. The van der Waals surface area contributed by atoms with Gasteiger partial charge in [-0.25, -0.2) is 0 Å². The van der Waals surface area contributed by atoms with E-state index in [0.29, 0.717) is 6.04 Å². The number of aromatic nitrogens is 1. The average molecular weight is 282 g/mol. The van der Waals surface area contributed by atoms with Crippen molar-refractivity contribution in [2.24, 2.45) is 0 Å². The predicted octanol–water partition coefficient (Wildman–Crippen LogP) is 3.23. The van der Waals surface area contributed by atoms with Crippen molar-refractivity contribution >= 4 is 0 Å². The van der Waals surface area contributed by atoms with Gasteiger partial charge in [-0.1, -0.05) is 24.3 Å². The van der Waals surface area contributed by atoms with Crippen molar-refractivity contribution in [2.75, 3.05) is 6.54 Å². The third-order valence-corrected chi connectivity index (χ3v) is 4.35. The Morgan fingerprint density at radius 1 is 1.29 bits per heavy atom. The summed E-state index contributed by atoms with van der Waals surface area (Å²) < 4.78 is 0. The molecule has 110 valence electrons. The molecular formula is C18H22N2O. The summed E-state index contributed by atoms with van der Waals surface area (Å²) in [5.41, 5.74) is 4.23. The molecule has 3 rings (SSSR count). The number of nitrogens with zero attached hydrogens (tertiary/aromatic N) is 2. The van der Waals surface area contributed by atoms with Gasteiger partial charge in [0.25, 0.3) is 0 Å². The molecule has 21 heavy (non-hydrogen) atoms. The summed E-state index contributed by atoms with van der Waals surface area (Å²) >= 11 is 0. The van der Waals surface area contributed by atoms with Crippen molar-refractivity contribution < 1.29 is 5.11 Å². The normalized spacial score (nSPS) is 19.0. The molecule has 0 unspecified atom stereocenters. The van der Waals surface area contributed by atoms with E-state index in [1.165, 1.54) is 24.9 Å². The van der Waals surface area contributed by atoms with Gasteiger partial charge in [0, 0.05) is 24.3 Å². The first-order chi connectivity index (χ1) is 10.3. The Morgan fingerprint density at radius 2 is 2.19 bits per heavy atom. The summed E-state index contributed by atoms with van der Waals surface area (Å²) in [7, 11) is 0. The van der Waals surface area contributed by atoms with Crippen LogP contribution in [0.2, 0.25) is 0 Å². The molecule has 2 aromatic rings. The van der Waals surface area contributed by atoms with Crippen molar-refractivity contribution in [3.63, 3.8) is 0 Å². The Morgan fingerprint density at radius 3 is 2.95 bits per heavy atom. The fourth-order valence-electron chi connectivity index (χ4n) is 3.13. The van der Waals surface area contributed by atoms with E-state index in [0.717, 1.165) is 23.4 Å². The molecule has 1 aromatic heterocycles. The molecule has 1 aliphatic heterocycles. The maximum atomic E-state index is 9.44. The van der Waals surface area contributed by atoms with Crippen LogP contribution in [0.5, 0.6) is 0 Å². The lowest BCUT2D eigenvalue weighted by molar-refractivity contribution is 0.260. The molecule has 1 aliphatic rings. The number of likely N-dealkylation sites (tertiary alicyclic amines) is 1. The first-order valence-electron chi connectivity index (χ1n) is 7.66.